The summed E-state index contributed by atoms with van der Waals surface area (Å²) in [6.07, 6.45) is 3.82. The SMILES string of the molecule is CC(C(=O)NCc1ccc(CCN)cc1)n1cncn1. The van der Waals surface area contributed by atoms with Gasteiger partial charge in [-0.15, -0.1) is 0 Å². The second-order valence-corrected chi connectivity index (χ2v) is 4.62. The molecule has 1 unspecified atom stereocenters. The molecule has 6 heteroatoms. The van der Waals surface area contributed by atoms with Gasteiger partial charge >= 0.3 is 0 Å². The summed E-state index contributed by atoms with van der Waals surface area (Å²) in [5.74, 6) is -0.0819. The maximum atomic E-state index is 12.0. The Labute approximate surface area is 118 Å². The molecule has 0 radical (unpaired) electrons. The van der Waals surface area contributed by atoms with Crippen molar-refractivity contribution >= 4 is 5.91 Å². The molecule has 0 fully saturated rings. The van der Waals surface area contributed by atoms with Gasteiger partial charge in [0, 0.05) is 6.54 Å². The Morgan fingerprint density at radius 1 is 1.35 bits per heavy atom. The lowest BCUT2D eigenvalue weighted by Gasteiger charge is -2.12. The van der Waals surface area contributed by atoms with E-state index in [9.17, 15) is 4.79 Å². The van der Waals surface area contributed by atoms with Gasteiger partial charge in [-0.1, -0.05) is 24.3 Å². The molecule has 1 aromatic heterocycles. The number of aromatic nitrogens is 3. The Balaban J connectivity index is 1.86. The standard InChI is InChI=1S/C14H19N5O/c1-11(19-10-16-9-18-19)14(20)17-8-13-4-2-12(3-5-13)6-7-15/h2-5,9-11H,6-8,15H2,1H3,(H,17,20). The number of nitrogens with two attached hydrogens (primary N) is 1. The average molecular weight is 273 g/mol. The molecular formula is C14H19N5O. The van der Waals surface area contributed by atoms with E-state index in [0.717, 1.165) is 12.0 Å². The Morgan fingerprint density at radius 3 is 2.65 bits per heavy atom. The predicted molar refractivity (Wildman–Crippen MR) is 75.8 cm³/mol. The number of hydrogen-bond acceptors (Lipinski definition) is 4. The zero-order valence-electron chi connectivity index (χ0n) is 11.5. The number of hydrogen-bond donors (Lipinski definition) is 2. The zero-order chi connectivity index (χ0) is 14.4. The van der Waals surface area contributed by atoms with E-state index < -0.39 is 0 Å². The molecule has 1 aromatic carbocycles. The van der Waals surface area contributed by atoms with E-state index in [2.05, 4.69) is 15.4 Å². The number of benzene rings is 1. The van der Waals surface area contributed by atoms with E-state index in [-0.39, 0.29) is 11.9 Å². The Bertz CT molecular complexity index is 535. The van der Waals surface area contributed by atoms with Crippen molar-refractivity contribution in [3.8, 4) is 0 Å². The summed E-state index contributed by atoms with van der Waals surface area (Å²) in [6.45, 7) is 2.93. The smallest absolute Gasteiger partial charge is 0.244 e. The number of nitrogens with one attached hydrogen (secondary N) is 1. The topological polar surface area (TPSA) is 85.8 Å². The van der Waals surface area contributed by atoms with E-state index in [1.807, 2.05) is 24.3 Å². The number of carbonyl (C=O) groups is 1. The van der Waals surface area contributed by atoms with E-state index in [4.69, 9.17) is 5.73 Å². The van der Waals surface area contributed by atoms with E-state index in [1.165, 1.54) is 22.9 Å². The highest BCUT2D eigenvalue weighted by Gasteiger charge is 2.14. The summed E-state index contributed by atoms with van der Waals surface area (Å²) in [5.41, 5.74) is 7.77. The molecule has 1 atom stereocenters. The molecule has 0 aliphatic rings. The van der Waals surface area contributed by atoms with Gasteiger partial charge in [0.1, 0.15) is 18.7 Å². The van der Waals surface area contributed by atoms with Gasteiger partial charge < -0.3 is 11.1 Å². The third-order valence-electron chi connectivity index (χ3n) is 3.14. The zero-order valence-corrected chi connectivity index (χ0v) is 11.5. The van der Waals surface area contributed by atoms with Gasteiger partial charge in [-0.05, 0) is 31.0 Å². The van der Waals surface area contributed by atoms with Crippen molar-refractivity contribution in [3.63, 3.8) is 0 Å². The van der Waals surface area contributed by atoms with Gasteiger partial charge in [-0.25, -0.2) is 9.67 Å². The van der Waals surface area contributed by atoms with Crippen molar-refractivity contribution in [2.24, 2.45) is 5.73 Å². The average Bonchev–Trinajstić information content (AvgIpc) is 3.00. The number of amides is 1. The van der Waals surface area contributed by atoms with Gasteiger partial charge in [-0.3, -0.25) is 4.79 Å². The van der Waals surface area contributed by atoms with Crippen molar-refractivity contribution in [1.82, 2.24) is 20.1 Å². The van der Waals surface area contributed by atoms with Crippen LogP contribution in [0.3, 0.4) is 0 Å². The maximum absolute atomic E-state index is 12.0. The second-order valence-electron chi connectivity index (χ2n) is 4.62. The maximum Gasteiger partial charge on any atom is 0.244 e. The fourth-order valence-electron chi connectivity index (χ4n) is 1.86. The summed E-state index contributed by atoms with van der Waals surface area (Å²) in [4.78, 5) is 15.8. The molecule has 0 bridgehead atoms. The Kier molecular flexibility index (Phi) is 4.84. The minimum atomic E-state index is -0.367. The highest BCUT2D eigenvalue weighted by atomic mass is 16.2. The molecule has 0 saturated heterocycles. The molecule has 1 amide bonds. The van der Waals surface area contributed by atoms with Crippen LogP contribution in [0.15, 0.2) is 36.9 Å². The van der Waals surface area contributed by atoms with E-state index in [1.54, 1.807) is 6.92 Å². The quantitative estimate of drug-likeness (QED) is 0.809. The first-order valence-electron chi connectivity index (χ1n) is 6.60. The minimum absolute atomic E-state index is 0.0819. The van der Waals surface area contributed by atoms with Gasteiger partial charge in [-0.2, -0.15) is 5.10 Å². The minimum Gasteiger partial charge on any atom is -0.350 e. The van der Waals surface area contributed by atoms with Crippen LogP contribution < -0.4 is 11.1 Å². The lowest BCUT2D eigenvalue weighted by atomic mass is 10.1. The van der Waals surface area contributed by atoms with Crippen LogP contribution in [-0.4, -0.2) is 27.2 Å². The summed E-state index contributed by atoms with van der Waals surface area (Å²) >= 11 is 0. The molecule has 6 nitrogen and oxygen atoms in total. The largest absolute Gasteiger partial charge is 0.350 e. The molecule has 2 rings (SSSR count). The van der Waals surface area contributed by atoms with Gasteiger partial charge in [0.2, 0.25) is 5.91 Å². The van der Waals surface area contributed by atoms with Crippen LogP contribution in [0.1, 0.15) is 24.1 Å². The first kappa shape index (κ1) is 14.2. The van der Waals surface area contributed by atoms with Crippen molar-refractivity contribution in [2.45, 2.75) is 25.9 Å². The monoisotopic (exact) mass is 273 g/mol. The number of nitrogens with zero attached hydrogens (tertiary/aromatic N) is 3. The summed E-state index contributed by atoms with van der Waals surface area (Å²) in [7, 11) is 0. The molecule has 3 N–H and O–H groups in total. The summed E-state index contributed by atoms with van der Waals surface area (Å²) in [5, 5.41) is 6.84. The van der Waals surface area contributed by atoms with Crippen molar-refractivity contribution < 1.29 is 4.79 Å². The number of carbonyl (C=O) groups excluding carboxylic acids is 1. The molecule has 2 aromatic rings. The van der Waals surface area contributed by atoms with Crippen LogP contribution in [0.4, 0.5) is 0 Å². The van der Waals surface area contributed by atoms with E-state index in [0.29, 0.717) is 13.1 Å². The molecule has 0 aliphatic carbocycles. The molecule has 0 saturated carbocycles. The fourth-order valence-corrected chi connectivity index (χ4v) is 1.86. The highest BCUT2D eigenvalue weighted by molar-refractivity contribution is 5.79. The third kappa shape index (κ3) is 3.64. The normalized spacial score (nSPS) is 12.1. The molecular weight excluding hydrogens is 254 g/mol. The molecule has 106 valence electrons. The molecule has 1 heterocycles. The van der Waals surface area contributed by atoms with Gasteiger partial charge in [0.25, 0.3) is 0 Å². The highest BCUT2D eigenvalue weighted by Crippen LogP contribution is 2.06. The Morgan fingerprint density at radius 2 is 2.05 bits per heavy atom. The van der Waals surface area contributed by atoms with Crippen LogP contribution in [-0.2, 0) is 17.8 Å². The van der Waals surface area contributed by atoms with Crippen molar-refractivity contribution in [2.75, 3.05) is 6.54 Å². The van der Waals surface area contributed by atoms with Crippen molar-refractivity contribution in [3.05, 3.63) is 48.0 Å². The third-order valence-corrected chi connectivity index (χ3v) is 3.14. The second kappa shape index (κ2) is 6.81. The lowest BCUT2D eigenvalue weighted by molar-refractivity contribution is -0.124. The van der Waals surface area contributed by atoms with Crippen molar-refractivity contribution in [1.29, 1.82) is 0 Å². The van der Waals surface area contributed by atoms with Crippen LogP contribution >= 0.6 is 0 Å². The van der Waals surface area contributed by atoms with Gasteiger partial charge in [0.15, 0.2) is 0 Å². The molecule has 0 spiro atoms. The van der Waals surface area contributed by atoms with Crippen LogP contribution in [0.5, 0.6) is 0 Å². The van der Waals surface area contributed by atoms with Gasteiger partial charge in [0.05, 0.1) is 0 Å². The lowest BCUT2D eigenvalue weighted by Crippen LogP contribution is -2.30. The fraction of sp³-hybridized carbons (Fsp3) is 0.357. The predicted octanol–water partition coefficient (Wildman–Crippen LogP) is 0.657. The first-order chi connectivity index (χ1) is 9.70. The van der Waals surface area contributed by atoms with Crippen LogP contribution in [0.25, 0.3) is 0 Å². The van der Waals surface area contributed by atoms with Crippen LogP contribution in [0.2, 0.25) is 0 Å². The van der Waals surface area contributed by atoms with Crippen LogP contribution in [0, 0.1) is 0 Å². The summed E-state index contributed by atoms with van der Waals surface area (Å²) in [6, 6.07) is 7.72. The van der Waals surface area contributed by atoms with E-state index >= 15 is 0 Å². The number of rotatable bonds is 6. The Hall–Kier alpha value is -2.21. The first-order valence-corrected chi connectivity index (χ1v) is 6.60. The molecule has 20 heavy (non-hydrogen) atoms. The molecule has 0 aliphatic heterocycles. The summed E-state index contributed by atoms with van der Waals surface area (Å²) < 4.78 is 1.53.